The van der Waals surface area contributed by atoms with Crippen LogP contribution in [0, 0.1) is 0 Å². The molecule has 0 saturated carbocycles. The molecule has 0 aromatic heterocycles. The van der Waals surface area contributed by atoms with Crippen LogP contribution in [0.2, 0.25) is 0 Å². The van der Waals surface area contributed by atoms with Crippen LogP contribution in [0.4, 0.5) is 0 Å². The zero-order valence-electron chi connectivity index (χ0n) is 3.71. The summed E-state index contributed by atoms with van der Waals surface area (Å²) < 4.78 is 0. The average Bonchev–Trinajstić information content (AvgIpc) is 1.62. The molecule has 0 radical (unpaired) electrons. The minimum Gasteiger partial charge on any atom is -0.115 e. The minimum absolute atomic E-state index is 1.11. The Morgan fingerprint density at radius 1 is 0.750 bits per heavy atom. The van der Waals surface area contributed by atoms with Gasteiger partial charge in [-0.3, -0.25) is 0 Å². The molecule has 0 aliphatic carbocycles. The molecule has 0 aromatic carbocycles. The maximum Gasteiger partial charge on any atom is 0.164 e. The molecule has 0 N–H and O–H groups in total. The van der Waals surface area contributed by atoms with Crippen LogP contribution in [-0.4, -0.2) is 6.34 Å². The number of nitrogens with zero attached hydrogens (tertiary/aromatic N) is 7. The molecule has 0 amide bonds. The van der Waals surface area contributed by atoms with Crippen LogP contribution in [0.15, 0.2) is 36.3 Å². The van der Waals surface area contributed by atoms with Gasteiger partial charge in [-0.2, -0.15) is 0 Å². The largest absolute Gasteiger partial charge is 0.164 e. The van der Waals surface area contributed by atoms with Gasteiger partial charge in [0.1, 0.15) is 0 Å². The van der Waals surface area contributed by atoms with Crippen molar-refractivity contribution in [3.05, 3.63) is 0 Å². The van der Waals surface area contributed by atoms with Crippen molar-refractivity contribution in [1.82, 2.24) is 0 Å². The maximum atomic E-state index is 3.25. The Morgan fingerprint density at radius 2 is 1.50 bits per heavy atom. The maximum absolute atomic E-state index is 3.25. The standard InChI is InChI=1S/CHN7/c1-2-4-6-8-7-5-3-1/h1H. The van der Waals surface area contributed by atoms with E-state index in [0.29, 0.717) is 0 Å². The lowest BCUT2D eigenvalue weighted by Gasteiger charge is -1.72. The van der Waals surface area contributed by atoms with Crippen LogP contribution in [0.5, 0.6) is 0 Å². The van der Waals surface area contributed by atoms with Crippen molar-refractivity contribution in [3.63, 3.8) is 0 Å². The molecule has 0 unspecified atom stereocenters. The lowest BCUT2D eigenvalue weighted by atomic mass is 11.4. The normalized spacial score (nSPS) is 16.0. The summed E-state index contributed by atoms with van der Waals surface area (Å²) in [6.07, 6.45) is 1.11. The zero-order valence-corrected chi connectivity index (χ0v) is 3.71. The van der Waals surface area contributed by atoms with E-state index in [9.17, 15) is 0 Å². The summed E-state index contributed by atoms with van der Waals surface area (Å²) in [5.41, 5.74) is 0. The Kier molecular flexibility index (Phi) is 1.51. The Bertz CT molecular complexity index is 105. The van der Waals surface area contributed by atoms with Gasteiger partial charge in [0.15, 0.2) is 6.34 Å². The second kappa shape index (κ2) is 2.61. The molecule has 1 aliphatic heterocycles. The summed E-state index contributed by atoms with van der Waals surface area (Å²) >= 11 is 0. The van der Waals surface area contributed by atoms with E-state index in [4.69, 9.17) is 0 Å². The summed E-state index contributed by atoms with van der Waals surface area (Å²) in [5, 5.41) is 21.9. The first-order chi connectivity index (χ1) is 4.00. The third-order valence-corrected chi connectivity index (χ3v) is 0.367. The van der Waals surface area contributed by atoms with Gasteiger partial charge in [0.2, 0.25) is 0 Å². The van der Waals surface area contributed by atoms with Crippen LogP contribution in [-0.2, 0) is 0 Å². The molecule has 0 fully saturated rings. The second-order valence-electron chi connectivity index (χ2n) is 0.794. The van der Waals surface area contributed by atoms with E-state index in [1.165, 1.54) is 0 Å². The fourth-order valence-electron chi connectivity index (χ4n) is 0.169. The fourth-order valence-corrected chi connectivity index (χ4v) is 0.169. The molecular weight excluding hydrogens is 110 g/mol. The smallest absolute Gasteiger partial charge is 0.115 e. The molecule has 0 saturated heterocycles. The summed E-state index contributed by atoms with van der Waals surface area (Å²) in [6, 6.07) is 0. The topological polar surface area (TPSA) is 86.5 Å². The van der Waals surface area contributed by atoms with Crippen LogP contribution >= 0.6 is 0 Å². The third kappa shape index (κ3) is 1.29. The Hall–Kier alpha value is -1.53. The van der Waals surface area contributed by atoms with Crippen molar-refractivity contribution in [3.8, 4) is 0 Å². The first-order valence-electron chi connectivity index (χ1n) is 1.72. The average molecular weight is 111 g/mol. The quantitative estimate of drug-likeness (QED) is 0.448. The summed E-state index contributed by atoms with van der Waals surface area (Å²) in [6.45, 7) is 0. The van der Waals surface area contributed by atoms with Crippen LogP contribution in [0.1, 0.15) is 0 Å². The predicted molar refractivity (Wildman–Crippen MR) is 23.1 cm³/mol. The molecule has 0 bridgehead atoms. The van der Waals surface area contributed by atoms with Crippen LogP contribution in [0.3, 0.4) is 0 Å². The highest BCUT2D eigenvalue weighted by Gasteiger charge is 1.70. The van der Waals surface area contributed by atoms with Crippen molar-refractivity contribution in [2.45, 2.75) is 0 Å². The highest BCUT2D eigenvalue weighted by Crippen LogP contribution is 1.85. The zero-order chi connectivity index (χ0) is 5.66. The molecule has 1 rings (SSSR count). The van der Waals surface area contributed by atoms with Gasteiger partial charge < -0.3 is 0 Å². The molecular formula is CHN7. The number of rotatable bonds is 0. The van der Waals surface area contributed by atoms with Crippen LogP contribution < -0.4 is 0 Å². The molecule has 0 atom stereocenters. The second-order valence-corrected chi connectivity index (χ2v) is 0.794. The molecule has 7 nitrogen and oxygen atoms in total. The summed E-state index contributed by atoms with van der Waals surface area (Å²) in [7, 11) is 0. The van der Waals surface area contributed by atoms with Gasteiger partial charge in [0.05, 0.1) is 0 Å². The van der Waals surface area contributed by atoms with Gasteiger partial charge in [0.25, 0.3) is 0 Å². The molecule has 40 valence electrons. The van der Waals surface area contributed by atoms with Gasteiger partial charge in [-0.05, 0) is 26.1 Å². The van der Waals surface area contributed by atoms with Crippen LogP contribution in [0.25, 0.3) is 0 Å². The van der Waals surface area contributed by atoms with Crippen molar-refractivity contribution in [1.29, 1.82) is 0 Å². The molecule has 0 aromatic rings. The van der Waals surface area contributed by atoms with Gasteiger partial charge in [-0.25, -0.2) is 0 Å². The van der Waals surface area contributed by atoms with Gasteiger partial charge in [-0.1, -0.05) is 0 Å². The Balaban J connectivity index is 2.67. The molecule has 1 aliphatic rings. The van der Waals surface area contributed by atoms with E-state index < -0.39 is 0 Å². The summed E-state index contributed by atoms with van der Waals surface area (Å²) in [4.78, 5) is 0. The van der Waals surface area contributed by atoms with E-state index in [0.717, 1.165) is 6.34 Å². The molecule has 1 heterocycles. The fraction of sp³-hybridized carbons (Fsp3) is 0. The van der Waals surface area contributed by atoms with E-state index in [2.05, 4.69) is 36.3 Å². The lowest BCUT2D eigenvalue weighted by Crippen LogP contribution is -1.61. The first-order valence-corrected chi connectivity index (χ1v) is 1.72. The summed E-state index contributed by atoms with van der Waals surface area (Å²) in [5.74, 6) is 0. The number of hydrogen-bond acceptors (Lipinski definition) is 7. The van der Waals surface area contributed by atoms with E-state index in [1.54, 1.807) is 0 Å². The van der Waals surface area contributed by atoms with Crippen molar-refractivity contribution in [2.24, 2.45) is 36.3 Å². The highest BCUT2D eigenvalue weighted by atomic mass is 15.6. The lowest BCUT2D eigenvalue weighted by molar-refractivity contribution is 0.817. The molecule has 0 spiro atoms. The number of hydrogen-bond donors (Lipinski definition) is 0. The minimum atomic E-state index is 1.11. The van der Waals surface area contributed by atoms with E-state index in [1.807, 2.05) is 0 Å². The van der Waals surface area contributed by atoms with Gasteiger partial charge in [-0.15, -0.1) is 10.2 Å². The Labute approximate surface area is 43.9 Å². The molecule has 7 heteroatoms. The van der Waals surface area contributed by atoms with Crippen molar-refractivity contribution < 1.29 is 0 Å². The Morgan fingerprint density at radius 3 is 2.50 bits per heavy atom. The molecule has 8 heavy (non-hydrogen) atoms. The van der Waals surface area contributed by atoms with E-state index in [-0.39, 0.29) is 0 Å². The first kappa shape index (κ1) is 4.62. The van der Waals surface area contributed by atoms with Gasteiger partial charge >= 0.3 is 0 Å². The van der Waals surface area contributed by atoms with Crippen molar-refractivity contribution >= 4 is 6.34 Å². The predicted octanol–water partition coefficient (Wildman–Crippen LogP) is 1.13. The third-order valence-electron chi connectivity index (χ3n) is 0.367. The SMILES string of the molecule is C1=NN=NN=NN=N1. The van der Waals surface area contributed by atoms with Crippen molar-refractivity contribution in [2.75, 3.05) is 0 Å². The monoisotopic (exact) mass is 111 g/mol. The highest BCUT2D eigenvalue weighted by molar-refractivity contribution is 5.53. The van der Waals surface area contributed by atoms with E-state index >= 15 is 0 Å². The van der Waals surface area contributed by atoms with Gasteiger partial charge in [0, 0.05) is 0 Å².